The summed E-state index contributed by atoms with van der Waals surface area (Å²) in [6, 6.07) is 13.5. The normalized spacial score (nSPS) is 10.7. The lowest BCUT2D eigenvalue weighted by Crippen LogP contribution is -2.05. The maximum absolute atomic E-state index is 9.33. The van der Waals surface area contributed by atoms with Crippen molar-refractivity contribution < 1.29 is 0 Å². The molecule has 2 N–H and O–H groups in total. The number of rotatable bonds is 2. The number of hydrogen-bond acceptors (Lipinski definition) is 7. The first kappa shape index (κ1) is 16.5. The van der Waals surface area contributed by atoms with Gasteiger partial charge in [0.05, 0.1) is 16.9 Å². The minimum absolute atomic E-state index is 0.0683. The summed E-state index contributed by atoms with van der Waals surface area (Å²) in [6.07, 6.45) is 1.74. The van der Waals surface area contributed by atoms with Crippen molar-refractivity contribution in [2.24, 2.45) is 0 Å². The number of hydrogen-bond donors (Lipinski definition) is 1. The van der Waals surface area contributed by atoms with Gasteiger partial charge < -0.3 is 5.73 Å². The zero-order chi connectivity index (χ0) is 19.0. The molecule has 4 rings (SSSR count). The van der Waals surface area contributed by atoms with Crippen molar-refractivity contribution in [3.8, 4) is 28.7 Å². The highest BCUT2D eigenvalue weighted by atomic mass is 15.1. The molecule has 0 saturated carbocycles. The summed E-state index contributed by atoms with van der Waals surface area (Å²) in [5, 5.41) is 18.7. The van der Waals surface area contributed by atoms with Gasteiger partial charge in [0.1, 0.15) is 17.5 Å². The van der Waals surface area contributed by atoms with E-state index in [-0.39, 0.29) is 11.5 Å². The molecule has 0 unspecified atom stereocenters. The molecule has 0 aliphatic rings. The van der Waals surface area contributed by atoms with Crippen LogP contribution in [0.5, 0.6) is 0 Å². The van der Waals surface area contributed by atoms with Crippen LogP contribution in [0.25, 0.3) is 33.5 Å². The molecule has 0 fully saturated rings. The molecule has 7 nitrogen and oxygen atoms in total. The second-order valence-corrected chi connectivity index (χ2v) is 6.18. The van der Waals surface area contributed by atoms with Crippen LogP contribution in [-0.4, -0.2) is 25.1 Å². The van der Waals surface area contributed by atoms with Gasteiger partial charge >= 0.3 is 0 Å². The summed E-state index contributed by atoms with van der Waals surface area (Å²) in [4.78, 5) is 13.2. The lowest BCUT2D eigenvalue weighted by Gasteiger charge is -2.11. The van der Waals surface area contributed by atoms with Gasteiger partial charge in [-0.05, 0) is 43.7 Å². The van der Waals surface area contributed by atoms with Gasteiger partial charge in [-0.3, -0.25) is 4.98 Å². The predicted octanol–water partition coefficient (Wildman–Crippen LogP) is 3.22. The smallest absolute Gasteiger partial charge is 0.183 e. The average Bonchev–Trinajstić information content (AvgIpc) is 2.69. The molecule has 7 heteroatoms. The van der Waals surface area contributed by atoms with Crippen molar-refractivity contribution in [1.82, 2.24) is 25.1 Å². The van der Waals surface area contributed by atoms with E-state index in [2.05, 4.69) is 25.1 Å². The standard InChI is InChI=1S/C20H15N7/c1-11-8-16(27-26-12(11)2)19-18(24-17(10-21)20(22)25-19)14-5-6-15-13(9-14)4-3-7-23-15/h3-9H,1-2H3,(H2,22,25). The Hall–Kier alpha value is -3.92. The third-order valence-electron chi connectivity index (χ3n) is 4.38. The highest BCUT2D eigenvalue weighted by molar-refractivity contribution is 5.87. The van der Waals surface area contributed by atoms with Crippen LogP contribution in [0.2, 0.25) is 0 Å². The van der Waals surface area contributed by atoms with Gasteiger partial charge in [-0.2, -0.15) is 10.4 Å². The number of anilines is 1. The van der Waals surface area contributed by atoms with Gasteiger partial charge in [0, 0.05) is 17.1 Å². The number of nitriles is 1. The molecule has 3 heterocycles. The van der Waals surface area contributed by atoms with E-state index < -0.39 is 0 Å². The van der Waals surface area contributed by atoms with Crippen molar-refractivity contribution in [2.75, 3.05) is 5.73 Å². The Balaban J connectivity index is 1.99. The maximum atomic E-state index is 9.33. The molecule has 0 spiro atoms. The molecular weight excluding hydrogens is 338 g/mol. The molecule has 4 aromatic rings. The number of nitrogens with two attached hydrogens (primary N) is 1. The lowest BCUT2D eigenvalue weighted by molar-refractivity contribution is 0.960. The molecule has 3 aromatic heterocycles. The Bertz CT molecular complexity index is 1220. The topological polar surface area (TPSA) is 114 Å². The van der Waals surface area contributed by atoms with E-state index in [0.29, 0.717) is 17.1 Å². The van der Waals surface area contributed by atoms with Gasteiger partial charge in [-0.15, -0.1) is 5.10 Å². The molecule has 0 aliphatic heterocycles. The van der Waals surface area contributed by atoms with Crippen LogP contribution in [-0.2, 0) is 0 Å². The molecule has 0 saturated heterocycles. The van der Waals surface area contributed by atoms with Crippen LogP contribution in [0.1, 0.15) is 17.0 Å². The molecule has 0 amide bonds. The molecule has 27 heavy (non-hydrogen) atoms. The fourth-order valence-corrected chi connectivity index (χ4v) is 2.80. The Kier molecular flexibility index (Phi) is 3.94. The first-order valence-electron chi connectivity index (χ1n) is 8.31. The van der Waals surface area contributed by atoms with Crippen LogP contribution in [0.4, 0.5) is 5.82 Å². The van der Waals surface area contributed by atoms with Crippen molar-refractivity contribution in [1.29, 1.82) is 5.26 Å². The minimum Gasteiger partial charge on any atom is -0.381 e. The number of fused-ring (bicyclic) bond motifs is 1. The lowest BCUT2D eigenvalue weighted by atomic mass is 10.0. The summed E-state index contributed by atoms with van der Waals surface area (Å²) >= 11 is 0. The van der Waals surface area contributed by atoms with Crippen molar-refractivity contribution >= 4 is 16.7 Å². The summed E-state index contributed by atoms with van der Waals surface area (Å²) in [6.45, 7) is 3.84. The SMILES string of the molecule is Cc1cc(-c2nc(N)c(C#N)nc2-c2ccc3ncccc3c2)nnc1C. The second-order valence-electron chi connectivity index (χ2n) is 6.18. The molecule has 0 radical (unpaired) electrons. The molecule has 1 aromatic carbocycles. The first-order valence-corrected chi connectivity index (χ1v) is 8.31. The Morgan fingerprint density at radius 1 is 1.00 bits per heavy atom. The van der Waals surface area contributed by atoms with E-state index in [9.17, 15) is 5.26 Å². The Morgan fingerprint density at radius 2 is 1.85 bits per heavy atom. The third kappa shape index (κ3) is 2.93. The fraction of sp³-hybridized carbons (Fsp3) is 0.100. The van der Waals surface area contributed by atoms with Gasteiger partial charge in [-0.1, -0.05) is 12.1 Å². The van der Waals surface area contributed by atoms with Gasteiger partial charge in [0.2, 0.25) is 0 Å². The van der Waals surface area contributed by atoms with Crippen LogP contribution >= 0.6 is 0 Å². The van der Waals surface area contributed by atoms with E-state index in [1.165, 1.54) is 0 Å². The van der Waals surface area contributed by atoms with Crippen molar-refractivity contribution in [2.45, 2.75) is 13.8 Å². The third-order valence-corrected chi connectivity index (χ3v) is 4.38. The van der Waals surface area contributed by atoms with Crippen LogP contribution < -0.4 is 5.73 Å². The van der Waals surface area contributed by atoms with Crippen LogP contribution in [0, 0.1) is 25.2 Å². The number of nitrogens with zero attached hydrogens (tertiary/aromatic N) is 6. The molecule has 0 bridgehead atoms. The number of nitrogen functional groups attached to an aromatic ring is 1. The van der Waals surface area contributed by atoms with E-state index in [1.54, 1.807) is 6.20 Å². The molecular formula is C20H15N7. The summed E-state index contributed by atoms with van der Waals surface area (Å²) in [5.74, 6) is 0.0683. The van der Waals surface area contributed by atoms with E-state index in [0.717, 1.165) is 27.7 Å². The number of pyridine rings is 1. The minimum atomic E-state index is 0.0683. The zero-order valence-corrected chi connectivity index (χ0v) is 14.8. The van der Waals surface area contributed by atoms with Gasteiger partial charge in [0.15, 0.2) is 11.5 Å². The Morgan fingerprint density at radius 3 is 2.63 bits per heavy atom. The molecule has 0 aliphatic carbocycles. The summed E-state index contributed by atoms with van der Waals surface area (Å²) < 4.78 is 0. The number of aromatic nitrogens is 5. The predicted molar refractivity (Wildman–Crippen MR) is 102 cm³/mol. The van der Waals surface area contributed by atoms with Crippen LogP contribution in [0.3, 0.4) is 0 Å². The summed E-state index contributed by atoms with van der Waals surface area (Å²) in [5.41, 5.74) is 11.1. The van der Waals surface area contributed by atoms with Crippen LogP contribution in [0.15, 0.2) is 42.6 Å². The molecule has 130 valence electrons. The largest absolute Gasteiger partial charge is 0.381 e. The Labute approximate surface area is 155 Å². The monoisotopic (exact) mass is 353 g/mol. The average molecular weight is 353 g/mol. The quantitative estimate of drug-likeness (QED) is 0.588. The maximum Gasteiger partial charge on any atom is 0.183 e. The van der Waals surface area contributed by atoms with Crippen molar-refractivity contribution in [3.05, 3.63) is 59.5 Å². The number of benzene rings is 1. The second kappa shape index (κ2) is 6.42. The van der Waals surface area contributed by atoms with Gasteiger partial charge in [0.25, 0.3) is 0 Å². The summed E-state index contributed by atoms with van der Waals surface area (Å²) in [7, 11) is 0. The number of aryl methyl sites for hydroxylation is 2. The highest BCUT2D eigenvalue weighted by Gasteiger charge is 2.18. The molecule has 0 atom stereocenters. The van der Waals surface area contributed by atoms with Crippen molar-refractivity contribution in [3.63, 3.8) is 0 Å². The highest BCUT2D eigenvalue weighted by Crippen LogP contribution is 2.31. The van der Waals surface area contributed by atoms with E-state index >= 15 is 0 Å². The van der Waals surface area contributed by atoms with E-state index in [4.69, 9.17) is 5.73 Å². The van der Waals surface area contributed by atoms with E-state index in [1.807, 2.05) is 56.3 Å². The zero-order valence-electron chi connectivity index (χ0n) is 14.8. The fourth-order valence-electron chi connectivity index (χ4n) is 2.80. The van der Waals surface area contributed by atoms with Gasteiger partial charge in [-0.25, -0.2) is 9.97 Å². The first-order chi connectivity index (χ1) is 13.1.